The van der Waals surface area contributed by atoms with Crippen LogP contribution in [-0.4, -0.2) is 17.1 Å². The van der Waals surface area contributed by atoms with E-state index in [0.717, 1.165) is 15.0 Å². The summed E-state index contributed by atoms with van der Waals surface area (Å²) in [4.78, 5) is 12.1. The van der Waals surface area contributed by atoms with Crippen LogP contribution in [0.2, 0.25) is 0 Å². The Labute approximate surface area is 154 Å². The Bertz CT molecular complexity index is 719. The molecule has 2 aromatic rings. The van der Waals surface area contributed by atoms with Gasteiger partial charge in [0.25, 0.3) is 5.91 Å². The van der Waals surface area contributed by atoms with Gasteiger partial charge in [0.15, 0.2) is 5.11 Å². The zero-order chi connectivity index (χ0) is 16.8. The molecule has 23 heavy (non-hydrogen) atoms. The molecule has 6 heteroatoms. The van der Waals surface area contributed by atoms with Crippen molar-refractivity contribution in [2.75, 3.05) is 5.32 Å². The van der Waals surface area contributed by atoms with Gasteiger partial charge in [0.05, 0.1) is 6.10 Å². The zero-order valence-electron chi connectivity index (χ0n) is 12.8. The molecule has 0 radical (unpaired) electrons. The smallest absolute Gasteiger partial charge is 0.257 e. The first-order valence-electron chi connectivity index (χ1n) is 7.08. The van der Waals surface area contributed by atoms with Crippen LogP contribution in [0.25, 0.3) is 0 Å². The van der Waals surface area contributed by atoms with E-state index in [1.165, 1.54) is 0 Å². The molecule has 4 nitrogen and oxygen atoms in total. The normalized spacial score (nSPS) is 10.3. The van der Waals surface area contributed by atoms with Crippen molar-refractivity contribution in [2.45, 2.75) is 20.0 Å². The summed E-state index contributed by atoms with van der Waals surface area (Å²) in [5.41, 5.74) is 1.33. The van der Waals surface area contributed by atoms with E-state index in [1.54, 1.807) is 12.1 Å². The molecule has 0 saturated heterocycles. The van der Waals surface area contributed by atoms with E-state index in [0.29, 0.717) is 5.56 Å². The van der Waals surface area contributed by atoms with Gasteiger partial charge in [0, 0.05) is 20.9 Å². The third-order valence-electron chi connectivity index (χ3n) is 2.78. The second-order valence-electron chi connectivity index (χ2n) is 5.11. The largest absolute Gasteiger partial charge is 0.491 e. The molecule has 0 aromatic heterocycles. The molecule has 0 unspecified atom stereocenters. The van der Waals surface area contributed by atoms with Gasteiger partial charge in [-0.05, 0) is 79.0 Å². The lowest BCUT2D eigenvalue weighted by Gasteiger charge is -2.13. The number of carbonyl (C=O) groups excluding carboxylic acids is 1. The molecule has 0 spiro atoms. The average molecular weight is 440 g/mol. The first-order chi connectivity index (χ1) is 10.9. The minimum Gasteiger partial charge on any atom is -0.491 e. The van der Waals surface area contributed by atoms with E-state index in [-0.39, 0.29) is 17.1 Å². The summed E-state index contributed by atoms with van der Waals surface area (Å²) in [6.45, 7) is 3.93. The van der Waals surface area contributed by atoms with Crippen LogP contribution in [0.1, 0.15) is 24.2 Å². The topological polar surface area (TPSA) is 50.4 Å². The second kappa shape index (κ2) is 8.26. The highest BCUT2D eigenvalue weighted by molar-refractivity contribution is 14.1. The number of hydrogen-bond acceptors (Lipinski definition) is 3. The third kappa shape index (κ3) is 5.80. The van der Waals surface area contributed by atoms with Crippen LogP contribution in [0.3, 0.4) is 0 Å². The summed E-state index contributed by atoms with van der Waals surface area (Å²) in [5.74, 6) is 0.507. The van der Waals surface area contributed by atoms with Gasteiger partial charge in [-0.15, -0.1) is 0 Å². The SMILES string of the molecule is CC(C)Oc1cccc(NC(=S)NC(=O)c2cccc(I)c2)c1. The third-order valence-corrected chi connectivity index (χ3v) is 3.65. The molecular weight excluding hydrogens is 423 g/mol. The number of anilines is 1. The molecule has 0 atom stereocenters. The van der Waals surface area contributed by atoms with Gasteiger partial charge in [-0.2, -0.15) is 0 Å². The van der Waals surface area contributed by atoms with Gasteiger partial charge in [0.2, 0.25) is 0 Å². The summed E-state index contributed by atoms with van der Waals surface area (Å²) >= 11 is 7.35. The highest BCUT2D eigenvalue weighted by Crippen LogP contribution is 2.18. The van der Waals surface area contributed by atoms with Crippen molar-refractivity contribution >= 4 is 51.5 Å². The van der Waals surface area contributed by atoms with E-state index in [2.05, 4.69) is 33.2 Å². The van der Waals surface area contributed by atoms with Gasteiger partial charge in [-0.3, -0.25) is 10.1 Å². The molecule has 1 amide bonds. The number of halogens is 1. The number of ether oxygens (including phenoxy) is 1. The Balaban J connectivity index is 1.98. The molecule has 0 aliphatic carbocycles. The van der Waals surface area contributed by atoms with Crippen molar-refractivity contribution in [1.29, 1.82) is 0 Å². The average Bonchev–Trinajstić information content (AvgIpc) is 2.46. The van der Waals surface area contributed by atoms with Crippen LogP contribution in [0, 0.1) is 3.57 Å². The van der Waals surface area contributed by atoms with Crippen LogP contribution in [-0.2, 0) is 0 Å². The summed E-state index contributed by atoms with van der Waals surface area (Å²) in [7, 11) is 0. The van der Waals surface area contributed by atoms with Gasteiger partial charge in [0.1, 0.15) is 5.75 Å². The Hall–Kier alpha value is -1.67. The van der Waals surface area contributed by atoms with Gasteiger partial charge in [-0.25, -0.2) is 0 Å². The van der Waals surface area contributed by atoms with E-state index in [1.807, 2.05) is 50.2 Å². The summed E-state index contributed by atoms with van der Waals surface area (Å²) < 4.78 is 6.62. The highest BCUT2D eigenvalue weighted by Gasteiger charge is 2.08. The maximum Gasteiger partial charge on any atom is 0.257 e. The van der Waals surface area contributed by atoms with Gasteiger partial charge in [-0.1, -0.05) is 12.1 Å². The molecule has 0 aliphatic rings. The molecule has 0 aliphatic heterocycles. The molecule has 120 valence electrons. The molecular formula is C17H17IN2O2S. The van der Waals surface area contributed by atoms with E-state index in [4.69, 9.17) is 17.0 Å². The molecule has 0 fully saturated rings. The summed E-state index contributed by atoms with van der Waals surface area (Å²) in [5, 5.41) is 5.90. The highest BCUT2D eigenvalue weighted by atomic mass is 127. The Morgan fingerprint density at radius 2 is 1.91 bits per heavy atom. The number of thiocarbonyl (C=S) groups is 1. The number of benzene rings is 2. The van der Waals surface area contributed by atoms with E-state index < -0.39 is 0 Å². The zero-order valence-corrected chi connectivity index (χ0v) is 15.8. The Kier molecular flexibility index (Phi) is 6.35. The van der Waals surface area contributed by atoms with Gasteiger partial charge < -0.3 is 10.1 Å². The monoisotopic (exact) mass is 440 g/mol. The lowest BCUT2D eigenvalue weighted by atomic mass is 10.2. The minimum absolute atomic E-state index is 0.0949. The Morgan fingerprint density at radius 3 is 2.61 bits per heavy atom. The van der Waals surface area contributed by atoms with Crippen LogP contribution in [0.5, 0.6) is 5.75 Å². The standard InChI is InChI=1S/C17H17IN2O2S/c1-11(2)22-15-8-4-7-14(10-15)19-17(23)20-16(21)12-5-3-6-13(18)9-12/h3-11H,1-2H3,(H2,19,20,21,23). The van der Waals surface area contributed by atoms with Crippen LogP contribution < -0.4 is 15.4 Å². The quantitative estimate of drug-likeness (QED) is 0.553. The first-order valence-corrected chi connectivity index (χ1v) is 8.57. The molecule has 2 rings (SSSR count). The first kappa shape index (κ1) is 17.7. The maximum atomic E-state index is 12.1. The van der Waals surface area contributed by atoms with Crippen molar-refractivity contribution in [3.05, 3.63) is 57.7 Å². The summed E-state index contributed by atoms with van der Waals surface area (Å²) in [6, 6.07) is 14.7. The van der Waals surface area contributed by atoms with Crippen molar-refractivity contribution in [3.8, 4) is 5.75 Å². The van der Waals surface area contributed by atoms with Crippen molar-refractivity contribution in [3.63, 3.8) is 0 Å². The predicted octanol–water partition coefficient (Wildman–Crippen LogP) is 4.21. The lowest BCUT2D eigenvalue weighted by molar-refractivity contribution is 0.0977. The fraction of sp³-hybridized carbons (Fsp3) is 0.176. The lowest BCUT2D eigenvalue weighted by Crippen LogP contribution is -2.34. The van der Waals surface area contributed by atoms with E-state index in [9.17, 15) is 4.79 Å². The number of amides is 1. The predicted molar refractivity (Wildman–Crippen MR) is 105 cm³/mol. The molecule has 2 aromatic carbocycles. The number of hydrogen-bond donors (Lipinski definition) is 2. The van der Waals surface area contributed by atoms with Crippen LogP contribution in [0.4, 0.5) is 5.69 Å². The minimum atomic E-state index is -0.240. The Morgan fingerprint density at radius 1 is 1.17 bits per heavy atom. The molecule has 0 heterocycles. The number of rotatable bonds is 4. The number of nitrogens with one attached hydrogen (secondary N) is 2. The number of carbonyl (C=O) groups is 1. The summed E-state index contributed by atoms with van der Waals surface area (Å²) in [6.07, 6.45) is 0.0949. The molecule has 0 saturated carbocycles. The maximum absolute atomic E-state index is 12.1. The van der Waals surface area contributed by atoms with Gasteiger partial charge >= 0.3 is 0 Å². The van der Waals surface area contributed by atoms with Crippen molar-refractivity contribution in [2.24, 2.45) is 0 Å². The van der Waals surface area contributed by atoms with Crippen LogP contribution in [0.15, 0.2) is 48.5 Å². The fourth-order valence-electron chi connectivity index (χ4n) is 1.89. The second-order valence-corrected chi connectivity index (χ2v) is 6.77. The molecule has 0 bridgehead atoms. The van der Waals surface area contributed by atoms with E-state index >= 15 is 0 Å². The van der Waals surface area contributed by atoms with Crippen LogP contribution >= 0.6 is 34.8 Å². The van der Waals surface area contributed by atoms with Crippen molar-refractivity contribution < 1.29 is 9.53 Å². The van der Waals surface area contributed by atoms with Crippen molar-refractivity contribution in [1.82, 2.24) is 5.32 Å². The fourth-order valence-corrected chi connectivity index (χ4v) is 2.64. The molecule has 2 N–H and O–H groups in total.